The number of hydrogen-bond acceptors (Lipinski definition) is 1. The minimum absolute atomic E-state index is 1.02. The van der Waals surface area contributed by atoms with E-state index in [0.29, 0.717) is 0 Å². The Morgan fingerprint density at radius 1 is 0.704 bits per heavy atom. The first-order chi connectivity index (χ1) is 13.2. The van der Waals surface area contributed by atoms with E-state index in [-0.39, 0.29) is 0 Å². The molecule has 0 N–H and O–H groups in total. The number of para-hydroxylation sites is 1. The third-order valence-electron chi connectivity index (χ3n) is 5.35. The number of fused-ring (bicyclic) bond motifs is 3. The smallest absolute Gasteiger partial charge is 0.0705 e. The molecule has 0 fully saturated rings. The largest absolute Gasteiger partial charge is 0.317 e. The lowest BCUT2D eigenvalue weighted by atomic mass is 10.0. The second kappa shape index (κ2) is 6.10. The normalized spacial score (nSPS) is 11.3. The molecule has 27 heavy (non-hydrogen) atoms. The van der Waals surface area contributed by atoms with Crippen LogP contribution in [0.5, 0.6) is 0 Å². The summed E-state index contributed by atoms with van der Waals surface area (Å²) < 4.78 is 2.24. The predicted octanol–water partition coefficient (Wildman–Crippen LogP) is 6.44. The van der Waals surface area contributed by atoms with Crippen LogP contribution in [0.4, 0.5) is 0 Å². The Morgan fingerprint density at radius 2 is 1.52 bits per heavy atom. The Morgan fingerprint density at radius 3 is 2.41 bits per heavy atom. The summed E-state index contributed by atoms with van der Waals surface area (Å²) in [4.78, 5) is 4.62. The summed E-state index contributed by atoms with van der Waals surface area (Å²) in [6.45, 7) is 4.23. The van der Waals surface area contributed by atoms with Crippen LogP contribution in [0, 0.1) is 13.8 Å². The molecule has 2 nitrogen and oxygen atoms in total. The van der Waals surface area contributed by atoms with Gasteiger partial charge in [0.25, 0.3) is 0 Å². The minimum atomic E-state index is 1.02. The molecular formula is C25H20N2. The molecule has 3 heterocycles. The number of nitrogens with zero attached hydrogens (tertiary/aromatic N) is 2. The maximum absolute atomic E-state index is 4.62. The molecule has 0 aliphatic rings. The van der Waals surface area contributed by atoms with Crippen LogP contribution in [0.1, 0.15) is 11.1 Å². The summed E-state index contributed by atoms with van der Waals surface area (Å²) in [6, 6.07) is 26.0. The molecule has 0 aliphatic heterocycles. The highest BCUT2D eigenvalue weighted by Gasteiger charge is 2.07. The van der Waals surface area contributed by atoms with Crippen molar-refractivity contribution in [2.75, 3.05) is 0 Å². The molecule has 0 spiro atoms. The molecule has 0 saturated carbocycles. The van der Waals surface area contributed by atoms with Crippen LogP contribution in [0.25, 0.3) is 38.8 Å². The number of aryl methyl sites for hydroxylation is 2. The van der Waals surface area contributed by atoms with E-state index in [4.69, 9.17) is 0 Å². The van der Waals surface area contributed by atoms with Gasteiger partial charge in [-0.05, 0) is 72.5 Å². The molecule has 5 aromatic rings. The van der Waals surface area contributed by atoms with Crippen LogP contribution in [-0.2, 0) is 0 Å². The van der Waals surface area contributed by atoms with Crippen LogP contribution in [0.15, 0.2) is 85.2 Å². The first-order valence-corrected chi connectivity index (χ1v) is 9.23. The van der Waals surface area contributed by atoms with E-state index >= 15 is 0 Å². The fourth-order valence-electron chi connectivity index (χ4n) is 3.66. The molecule has 3 aromatic heterocycles. The average Bonchev–Trinajstić information content (AvgIpc) is 3.08. The van der Waals surface area contributed by atoms with Crippen molar-refractivity contribution in [2.24, 2.45) is 0 Å². The van der Waals surface area contributed by atoms with Gasteiger partial charge in [-0.3, -0.25) is 4.98 Å². The maximum atomic E-state index is 4.62. The quantitative estimate of drug-likeness (QED) is 0.359. The first-order valence-electron chi connectivity index (χ1n) is 9.23. The Labute approximate surface area is 158 Å². The molecule has 2 heteroatoms. The molecule has 0 saturated heterocycles. The van der Waals surface area contributed by atoms with Gasteiger partial charge in [0.2, 0.25) is 0 Å². The van der Waals surface area contributed by atoms with Crippen LogP contribution >= 0.6 is 0 Å². The van der Waals surface area contributed by atoms with E-state index in [2.05, 4.69) is 102 Å². The second-order valence-corrected chi connectivity index (χ2v) is 7.15. The highest BCUT2D eigenvalue weighted by molar-refractivity contribution is 5.88. The van der Waals surface area contributed by atoms with Crippen LogP contribution < -0.4 is 0 Å². The summed E-state index contributed by atoms with van der Waals surface area (Å²) in [5, 5.41) is 1.27. The summed E-state index contributed by atoms with van der Waals surface area (Å²) in [7, 11) is 0. The van der Waals surface area contributed by atoms with Crippen molar-refractivity contribution in [3.63, 3.8) is 0 Å². The van der Waals surface area contributed by atoms with Crippen molar-refractivity contribution in [2.45, 2.75) is 13.8 Å². The summed E-state index contributed by atoms with van der Waals surface area (Å²) in [5.41, 5.74) is 9.55. The van der Waals surface area contributed by atoms with Gasteiger partial charge in [-0.25, -0.2) is 0 Å². The molecule has 0 aliphatic carbocycles. The van der Waals surface area contributed by atoms with Gasteiger partial charge in [0.05, 0.1) is 11.2 Å². The van der Waals surface area contributed by atoms with Gasteiger partial charge < -0.3 is 4.40 Å². The lowest BCUT2D eigenvalue weighted by Gasteiger charge is -2.08. The summed E-state index contributed by atoms with van der Waals surface area (Å²) in [5.74, 6) is 0. The number of pyridine rings is 2. The third-order valence-corrected chi connectivity index (χ3v) is 5.35. The molecule has 0 radical (unpaired) electrons. The number of hydrogen-bond donors (Lipinski definition) is 0. The molecule has 2 aromatic carbocycles. The Bertz CT molecular complexity index is 1290. The highest BCUT2D eigenvalue weighted by atomic mass is 14.9. The molecule has 5 rings (SSSR count). The van der Waals surface area contributed by atoms with Crippen LogP contribution in [-0.4, -0.2) is 9.38 Å². The van der Waals surface area contributed by atoms with Gasteiger partial charge in [-0.15, -0.1) is 0 Å². The second-order valence-electron chi connectivity index (χ2n) is 7.15. The minimum Gasteiger partial charge on any atom is -0.317 e. The van der Waals surface area contributed by atoms with Gasteiger partial charge in [-0.1, -0.05) is 36.4 Å². The van der Waals surface area contributed by atoms with Gasteiger partial charge in [0.15, 0.2) is 0 Å². The number of rotatable bonds is 2. The molecule has 0 amide bonds. The number of benzene rings is 2. The molecular weight excluding hydrogens is 328 g/mol. The lowest BCUT2D eigenvalue weighted by Crippen LogP contribution is -1.89. The fourth-order valence-corrected chi connectivity index (χ4v) is 3.66. The zero-order valence-electron chi connectivity index (χ0n) is 15.5. The Hall–Kier alpha value is -3.39. The SMILES string of the molecule is Cc1cnc(-c2cccc(-c3ccn4c(c3)cc3ccccc34)c2)cc1C. The summed E-state index contributed by atoms with van der Waals surface area (Å²) in [6.07, 6.45) is 4.11. The Kier molecular flexibility index (Phi) is 3.58. The number of aromatic nitrogens is 2. The maximum Gasteiger partial charge on any atom is 0.0705 e. The van der Waals surface area contributed by atoms with Crippen molar-refractivity contribution in [3.8, 4) is 22.4 Å². The van der Waals surface area contributed by atoms with Gasteiger partial charge in [0.1, 0.15) is 0 Å². The van der Waals surface area contributed by atoms with Gasteiger partial charge in [-0.2, -0.15) is 0 Å². The fraction of sp³-hybridized carbons (Fsp3) is 0.0800. The van der Waals surface area contributed by atoms with Crippen molar-refractivity contribution in [1.29, 1.82) is 0 Å². The first kappa shape index (κ1) is 15.8. The average molecular weight is 348 g/mol. The predicted molar refractivity (Wildman–Crippen MR) is 113 cm³/mol. The van der Waals surface area contributed by atoms with E-state index in [1.807, 2.05) is 6.20 Å². The van der Waals surface area contributed by atoms with E-state index in [0.717, 1.165) is 11.3 Å². The van der Waals surface area contributed by atoms with E-state index in [1.54, 1.807) is 0 Å². The van der Waals surface area contributed by atoms with Crippen molar-refractivity contribution < 1.29 is 0 Å². The topological polar surface area (TPSA) is 17.3 Å². The van der Waals surface area contributed by atoms with Crippen molar-refractivity contribution in [1.82, 2.24) is 9.38 Å². The van der Waals surface area contributed by atoms with E-state index < -0.39 is 0 Å². The molecule has 130 valence electrons. The molecule has 0 unspecified atom stereocenters. The molecule has 0 atom stereocenters. The standard InChI is InChI=1S/C25H20N2/c1-17-12-24(26-16-18(17)2)21-8-5-7-19(13-21)20-10-11-27-23(14-20)15-22-6-3-4-9-25(22)27/h3-16H,1-2H3. The third kappa shape index (κ3) is 2.70. The van der Waals surface area contributed by atoms with Crippen molar-refractivity contribution in [3.05, 3.63) is 96.3 Å². The zero-order valence-corrected chi connectivity index (χ0v) is 15.5. The zero-order chi connectivity index (χ0) is 18.4. The summed E-state index contributed by atoms with van der Waals surface area (Å²) >= 11 is 0. The van der Waals surface area contributed by atoms with Gasteiger partial charge >= 0.3 is 0 Å². The van der Waals surface area contributed by atoms with Crippen LogP contribution in [0.3, 0.4) is 0 Å². The highest BCUT2D eigenvalue weighted by Crippen LogP contribution is 2.29. The van der Waals surface area contributed by atoms with E-state index in [1.165, 1.54) is 38.7 Å². The van der Waals surface area contributed by atoms with Gasteiger partial charge in [0, 0.05) is 28.9 Å². The van der Waals surface area contributed by atoms with Crippen LogP contribution in [0.2, 0.25) is 0 Å². The molecule has 0 bridgehead atoms. The van der Waals surface area contributed by atoms with Crippen molar-refractivity contribution >= 4 is 16.4 Å². The lowest BCUT2D eigenvalue weighted by molar-refractivity contribution is 1.22. The Balaban J connectivity index is 1.62. The van der Waals surface area contributed by atoms with E-state index in [9.17, 15) is 0 Å². The monoisotopic (exact) mass is 348 g/mol.